The molecule has 0 atom stereocenters. The van der Waals surface area contributed by atoms with Crippen molar-refractivity contribution in [3.05, 3.63) is 53.7 Å². The normalized spacial score (nSPS) is 15.1. The summed E-state index contributed by atoms with van der Waals surface area (Å²) >= 11 is 0. The molecule has 3 rings (SSSR count). The van der Waals surface area contributed by atoms with Crippen molar-refractivity contribution in [3.63, 3.8) is 0 Å². The molecule has 1 N–H and O–H groups in total. The predicted octanol–water partition coefficient (Wildman–Crippen LogP) is 2.37. The highest BCUT2D eigenvalue weighted by Gasteiger charge is 2.34. The lowest BCUT2D eigenvalue weighted by atomic mass is 9.97. The van der Waals surface area contributed by atoms with E-state index in [1.54, 1.807) is 24.4 Å². The van der Waals surface area contributed by atoms with Gasteiger partial charge in [-0.1, -0.05) is 25.1 Å². The Kier molecular flexibility index (Phi) is 8.40. The molecule has 0 unspecified atom stereocenters. The molecular formula is C23H29N3O6S. The zero-order valence-electron chi connectivity index (χ0n) is 18.8. The van der Waals surface area contributed by atoms with E-state index in [1.165, 1.54) is 23.5 Å². The van der Waals surface area contributed by atoms with Crippen molar-refractivity contribution in [2.24, 2.45) is 5.92 Å². The van der Waals surface area contributed by atoms with Crippen LogP contribution in [0.5, 0.6) is 5.88 Å². The third-order valence-electron chi connectivity index (χ3n) is 5.48. The van der Waals surface area contributed by atoms with Crippen LogP contribution in [0.2, 0.25) is 0 Å². The molecule has 1 amide bonds. The molecule has 0 saturated carbocycles. The van der Waals surface area contributed by atoms with Crippen LogP contribution in [0.25, 0.3) is 0 Å². The first-order valence-corrected chi connectivity index (χ1v) is 12.3. The first kappa shape index (κ1) is 24.7. The fourth-order valence-electron chi connectivity index (χ4n) is 3.68. The summed E-state index contributed by atoms with van der Waals surface area (Å²) in [5, 5.41) is 2.91. The zero-order valence-corrected chi connectivity index (χ0v) is 19.6. The molecule has 2 heterocycles. The summed E-state index contributed by atoms with van der Waals surface area (Å²) in [6.07, 6.45) is 3.27. The van der Waals surface area contributed by atoms with E-state index in [1.807, 2.05) is 13.0 Å². The summed E-state index contributed by atoms with van der Waals surface area (Å²) in [6.45, 7) is 3.22. The molecule has 33 heavy (non-hydrogen) atoms. The number of pyridine rings is 1. The summed E-state index contributed by atoms with van der Waals surface area (Å²) in [7, 11) is -2.68. The summed E-state index contributed by atoms with van der Waals surface area (Å²) < 4.78 is 37.9. The number of benzene rings is 1. The van der Waals surface area contributed by atoms with E-state index in [4.69, 9.17) is 9.47 Å². The van der Waals surface area contributed by atoms with Gasteiger partial charge < -0.3 is 14.8 Å². The van der Waals surface area contributed by atoms with Gasteiger partial charge in [0.15, 0.2) is 0 Å². The largest absolute Gasteiger partial charge is 0.477 e. The maximum absolute atomic E-state index is 13.1. The van der Waals surface area contributed by atoms with Crippen LogP contribution >= 0.6 is 0 Å². The molecular weight excluding hydrogens is 446 g/mol. The third-order valence-corrected chi connectivity index (χ3v) is 7.44. The van der Waals surface area contributed by atoms with E-state index in [-0.39, 0.29) is 41.9 Å². The monoisotopic (exact) mass is 475 g/mol. The second kappa shape index (κ2) is 11.2. The number of sulfonamides is 1. The number of nitrogens with one attached hydrogen (secondary N) is 1. The second-order valence-corrected chi connectivity index (χ2v) is 9.61. The van der Waals surface area contributed by atoms with Crippen LogP contribution in [0, 0.1) is 5.92 Å². The van der Waals surface area contributed by atoms with Gasteiger partial charge in [0.1, 0.15) is 0 Å². The van der Waals surface area contributed by atoms with Crippen LogP contribution in [-0.4, -0.2) is 56.4 Å². The van der Waals surface area contributed by atoms with Crippen LogP contribution in [0.4, 0.5) is 0 Å². The average Bonchev–Trinajstić information content (AvgIpc) is 2.86. The quantitative estimate of drug-likeness (QED) is 0.554. The standard InChI is InChI=1S/C23H29N3O6S/c1-3-15-32-22-18(7-6-12-24-22)16-25-21(27)17-10-13-26(14-11-17)33(29,30)20-9-5-4-8-19(20)23(28)31-2/h4-9,12,17H,3,10-11,13-16H2,1-2H3,(H,25,27). The lowest BCUT2D eigenvalue weighted by Crippen LogP contribution is -2.43. The number of methoxy groups -OCH3 is 1. The smallest absolute Gasteiger partial charge is 0.339 e. The van der Waals surface area contributed by atoms with Crippen LogP contribution in [0.1, 0.15) is 42.1 Å². The number of aromatic nitrogens is 1. The summed E-state index contributed by atoms with van der Waals surface area (Å²) in [5.74, 6) is -0.637. The van der Waals surface area contributed by atoms with Gasteiger partial charge in [-0.2, -0.15) is 4.31 Å². The fraction of sp³-hybridized carbons (Fsp3) is 0.435. The molecule has 1 aliphatic rings. The molecule has 10 heteroatoms. The van der Waals surface area contributed by atoms with Crippen molar-refractivity contribution in [2.45, 2.75) is 37.6 Å². The van der Waals surface area contributed by atoms with Gasteiger partial charge in [0, 0.05) is 37.3 Å². The van der Waals surface area contributed by atoms with E-state index in [0.29, 0.717) is 25.3 Å². The SMILES string of the molecule is CCCOc1ncccc1CNC(=O)C1CCN(S(=O)(=O)c2ccccc2C(=O)OC)CC1. The highest BCUT2D eigenvalue weighted by Crippen LogP contribution is 2.26. The number of esters is 1. The van der Waals surface area contributed by atoms with E-state index in [0.717, 1.165) is 12.0 Å². The fourth-order valence-corrected chi connectivity index (χ4v) is 5.33. The number of ether oxygens (including phenoxy) is 2. The number of amides is 1. The highest BCUT2D eigenvalue weighted by atomic mass is 32.2. The van der Waals surface area contributed by atoms with Gasteiger partial charge in [0.25, 0.3) is 0 Å². The van der Waals surface area contributed by atoms with Gasteiger partial charge in [-0.3, -0.25) is 4.79 Å². The van der Waals surface area contributed by atoms with Crippen LogP contribution in [-0.2, 0) is 26.1 Å². The molecule has 178 valence electrons. The van der Waals surface area contributed by atoms with E-state index in [9.17, 15) is 18.0 Å². The molecule has 0 aliphatic carbocycles. The molecule has 1 fully saturated rings. The zero-order chi connectivity index (χ0) is 23.8. The number of piperidine rings is 1. The Labute approximate surface area is 194 Å². The lowest BCUT2D eigenvalue weighted by molar-refractivity contribution is -0.126. The maximum Gasteiger partial charge on any atom is 0.339 e. The van der Waals surface area contributed by atoms with Crippen molar-refractivity contribution in [3.8, 4) is 5.88 Å². The van der Waals surface area contributed by atoms with Crippen molar-refractivity contribution >= 4 is 21.9 Å². The third kappa shape index (κ3) is 5.88. The number of carbonyl (C=O) groups excluding carboxylic acids is 2. The molecule has 1 aromatic heterocycles. The van der Waals surface area contributed by atoms with Crippen LogP contribution in [0.15, 0.2) is 47.5 Å². The Bertz CT molecular complexity index is 1080. The van der Waals surface area contributed by atoms with Gasteiger partial charge >= 0.3 is 5.97 Å². The molecule has 0 radical (unpaired) electrons. The van der Waals surface area contributed by atoms with Gasteiger partial charge in [-0.05, 0) is 37.5 Å². The minimum Gasteiger partial charge on any atom is -0.477 e. The summed E-state index contributed by atoms with van der Waals surface area (Å²) in [4.78, 5) is 28.8. The Morgan fingerprint density at radius 3 is 2.58 bits per heavy atom. The van der Waals surface area contributed by atoms with Gasteiger partial charge in [-0.15, -0.1) is 0 Å². The van der Waals surface area contributed by atoms with Gasteiger partial charge in [0.2, 0.25) is 21.8 Å². The molecule has 0 spiro atoms. The summed E-state index contributed by atoms with van der Waals surface area (Å²) in [5.41, 5.74) is 0.788. The number of hydrogen-bond acceptors (Lipinski definition) is 7. The van der Waals surface area contributed by atoms with E-state index < -0.39 is 16.0 Å². The highest BCUT2D eigenvalue weighted by molar-refractivity contribution is 7.89. The van der Waals surface area contributed by atoms with Crippen molar-refractivity contribution in [2.75, 3.05) is 26.8 Å². The van der Waals surface area contributed by atoms with Gasteiger partial charge in [0.05, 0.1) is 24.2 Å². The number of nitrogens with zero attached hydrogens (tertiary/aromatic N) is 2. The molecule has 2 aromatic rings. The van der Waals surface area contributed by atoms with E-state index >= 15 is 0 Å². The van der Waals surface area contributed by atoms with Crippen molar-refractivity contribution < 1.29 is 27.5 Å². The number of hydrogen-bond donors (Lipinski definition) is 1. The Hall–Kier alpha value is -2.98. The second-order valence-electron chi connectivity index (χ2n) is 7.70. The number of carbonyl (C=O) groups is 2. The minimum atomic E-state index is -3.89. The van der Waals surface area contributed by atoms with Gasteiger partial charge in [-0.25, -0.2) is 18.2 Å². The van der Waals surface area contributed by atoms with Crippen LogP contribution in [0.3, 0.4) is 0 Å². The molecule has 9 nitrogen and oxygen atoms in total. The molecule has 1 aliphatic heterocycles. The lowest BCUT2D eigenvalue weighted by Gasteiger charge is -2.31. The van der Waals surface area contributed by atoms with Crippen LogP contribution < -0.4 is 10.1 Å². The van der Waals surface area contributed by atoms with Crippen molar-refractivity contribution in [1.29, 1.82) is 0 Å². The maximum atomic E-state index is 13.1. The first-order chi connectivity index (χ1) is 15.9. The summed E-state index contributed by atoms with van der Waals surface area (Å²) in [6, 6.07) is 9.61. The topological polar surface area (TPSA) is 115 Å². The number of rotatable bonds is 9. The first-order valence-electron chi connectivity index (χ1n) is 10.9. The Balaban J connectivity index is 1.60. The van der Waals surface area contributed by atoms with Crippen molar-refractivity contribution in [1.82, 2.24) is 14.6 Å². The average molecular weight is 476 g/mol. The molecule has 0 bridgehead atoms. The Morgan fingerprint density at radius 1 is 1.15 bits per heavy atom. The molecule has 1 saturated heterocycles. The molecule has 1 aromatic carbocycles. The predicted molar refractivity (Wildman–Crippen MR) is 121 cm³/mol. The van der Waals surface area contributed by atoms with E-state index in [2.05, 4.69) is 10.3 Å². The minimum absolute atomic E-state index is 0.00238. The Morgan fingerprint density at radius 2 is 1.88 bits per heavy atom.